The Morgan fingerprint density at radius 2 is 1.33 bits per heavy atom. The standard InChI is InChI=1S/C26H36Br2N2O3/c1-2-3-4-5-6-7-8-9-10-11-24(31)29-18-12-14-19(15-13-18)30-25(32)20-16-22(27)23(28)17-21(20)26(30)33/h12-15,20-23H,2-11,16-17H2,1H3,(H,29,31)/t20-,21+,22+,23-. The molecule has 5 nitrogen and oxygen atoms in total. The molecule has 3 amide bonds. The molecule has 1 aliphatic heterocycles. The zero-order valence-corrected chi connectivity index (χ0v) is 22.7. The minimum atomic E-state index is -0.258. The summed E-state index contributed by atoms with van der Waals surface area (Å²) in [6.45, 7) is 2.23. The Kier molecular flexibility index (Phi) is 10.4. The van der Waals surface area contributed by atoms with Gasteiger partial charge < -0.3 is 5.32 Å². The maximum Gasteiger partial charge on any atom is 0.237 e. The Morgan fingerprint density at radius 1 is 0.848 bits per heavy atom. The van der Waals surface area contributed by atoms with Gasteiger partial charge in [0.15, 0.2) is 0 Å². The predicted octanol–water partition coefficient (Wildman–Crippen LogP) is 6.97. The highest BCUT2D eigenvalue weighted by Gasteiger charge is 2.52. The highest BCUT2D eigenvalue weighted by molar-refractivity contribution is 9.12. The van der Waals surface area contributed by atoms with Gasteiger partial charge in [-0.15, -0.1) is 0 Å². The maximum absolute atomic E-state index is 12.9. The van der Waals surface area contributed by atoms with Crippen molar-refractivity contribution in [2.45, 2.75) is 93.6 Å². The van der Waals surface area contributed by atoms with Crippen molar-refractivity contribution in [1.82, 2.24) is 0 Å². The van der Waals surface area contributed by atoms with Crippen molar-refractivity contribution < 1.29 is 14.4 Å². The summed E-state index contributed by atoms with van der Waals surface area (Å²) >= 11 is 7.24. The third kappa shape index (κ3) is 7.14. The van der Waals surface area contributed by atoms with Crippen molar-refractivity contribution >= 4 is 61.0 Å². The van der Waals surface area contributed by atoms with E-state index < -0.39 is 0 Å². The van der Waals surface area contributed by atoms with Gasteiger partial charge in [0, 0.05) is 21.8 Å². The predicted molar refractivity (Wildman–Crippen MR) is 141 cm³/mol. The topological polar surface area (TPSA) is 66.5 Å². The molecule has 0 aromatic heterocycles. The third-order valence-electron chi connectivity index (χ3n) is 6.83. The van der Waals surface area contributed by atoms with E-state index in [0.29, 0.717) is 30.6 Å². The highest BCUT2D eigenvalue weighted by atomic mass is 79.9. The van der Waals surface area contributed by atoms with Crippen LogP contribution in [-0.2, 0) is 14.4 Å². The van der Waals surface area contributed by atoms with Crippen LogP contribution < -0.4 is 10.2 Å². The van der Waals surface area contributed by atoms with Gasteiger partial charge in [-0.2, -0.15) is 0 Å². The molecule has 3 rings (SSSR count). The summed E-state index contributed by atoms with van der Waals surface area (Å²) in [5.74, 6) is -0.735. The molecule has 1 aromatic carbocycles. The number of amides is 3. The Balaban J connectivity index is 1.42. The van der Waals surface area contributed by atoms with Gasteiger partial charge in [-0.1, -0.05) is 90.2 Å². The molecule has 0 unspecified atom stereocenters. The third-order valence-corrected chi connectivity index (χ3v) is 9.56. The van der Waals surface area contributed by atoms with Crippen molar-refractivity contribution in [2.75, 3.05) is 10.2 Å². The first kappa shape index (κ1) is 26.4. The molecule has 33 heavy (non-hydrogen) atoms. The number of carbonyl (C=O) groups is 3. The number of alkyl halides is 2. The molecule has 1 saturated carbocycles. The molecule has 4 atom stereocenters. The lowest BCUT2D eigenvalue weighted by atomic mass is 9.81. The van der Waals surface area contributed by atoms with Gasteiger partial charge in [0.25, 0.3) is 0 Å². The number of nitrogens with zero attached hydrogens (tertiary/aromatic N) is 1. The van der Waals surface area contributed by atoms with Gasteiger partial charge in [-0.3, -0.25) is 19.3 Å². The number of anilines is 2. The lowest BCUT2D eigenvalue weighted by molar-refractivity contribution is -0.122. The molecule has 182 valence electrons. The number of rotatable bonds is 12. The summed E-state index contributed by atoms with van der Waals surface area (Å²) < 4.78 is 0. The van der Waals surface area contributed by atoms with E-state index >= 15 is 0 Å². The first-order valence-electron chi connectivity index (χ1n) is 12.5. The summed E-state index contributed by atoms with van der Waals surface area (Å²) in [7, 11) is 0. The van der Waals surface area contributed by atoms with Crippen LogP contribution in [0.2, 0.25) is 0 Å². The highest BCUT2D eigenvalue weighted by Crippen LogP contribution is 2.44. The van der Waals surface area contributed by atoms with Crippen LogP contribution in [0.1, 0.15) is 84.0 Å². The second kappa shape index (κ2) is 13.0. The molecule has 1 heterocycles. The van der Waals surface area contributed by atoms with E-state index in [0.717, 1.165) is 12.8 Å². The molecular weight excluding hydrogens is 548 g/mol. The SMILES string of the molecule is CCCCCCCCCCCC(=O)Nc1ccc(N2C(=O)[C@H]3C[C@@H](Br)[C@@H](Br)C[C@H]3C2=O)cc1. The normalized spacial score (nSPS) is 24.8. The number of benzene rings is 1. The average Bonchev–Trinajstić information content (AvgIpc) is 3.03. The fourth-order valence-corrected chi connectivity index (χ4v) is 6.10. The van der Waals surface area contributed by atoms with Gasteiger partial charge in [0.05, 0.1) is 17.5 Å². The molecule has 2 aliphatic rings. The molecule has 0 bridgehead atoms. The van der Waals surface area contributed by atoms with Gasteiger partial charge in [0.1, 0.15) is 0 Å². The van der Waals surface area contributed by atoms with Crippen molar-refractivity contribution in [3.05, 3.63) is 24.3 Å². The number of unbranched alkanes of at least 4 members (excludes halogenated alkanes) is 8. The number of carbonyl (C=O) groups excluding carboxylic acids is 3. The van der Waals surface area contributed by atoms with E-state index in [4.69, 9.17) is 0 Å². The summed E-state index contributed by atoms with van der Waals surface area (Å²) in [5, 5.41) is 2.93. The van der Waals surface area contributed by atoms with Gasteiger partial charge in [-0.25, -0.2) is 0 Å². The van der Waals surface area contributed by atoms with Gasteiger partial charge in [-0.05, 0) is 43.5 Å². The van der Waals surface area contributed by atoms with E-state index in [1.807, 2.05) is 0 Å². The monoisotopic (exact) mass is 582 g/mol. The molecule has 0 spiro atoms. The molecule has 1 N–H and O–H groups in total. The maximum atomic E-state index is 12.9. The Labute approximate surface area is 214 Å². The molecule has 1 saturated heterocycles. The molecule has 1 aromatic rings. The van der Waals surface area contributed by atoms with Crippen molar-refractivity contribution in [1.29, 1.82) is 0 Å². The minimum absolute atomic E-state index is 0.0109. The Morgan fingerprint density at radius 3 is 1.85 bits per heavy atom. The number of nitrogens with one attached hydrogen (secondary N) is 1. The zero-order chi connectivity index (χ0) is 23.8. The van der Waals surface area contributed by atoms with Crippen LogP contribution in [0.4, 0.5) is 11.4 Å². The Hall–Kier alpha value is -1.21. The van der Waals surface area contributed by atoms with E-state index in [9.17, 15) is 14.4 Å². The largest absolute Gasteiger partial charge is 0.326 e. The first-order chi connectivity index (χ1) is 15.9. The first-order valence-corrected chi connectivity index (χ1v) is 14.3. The second-order valence-electron chi connectivity index (χ2n) is 9.40. The smallest absolute Gasteiger partial charge is 0.237 e. The molecule has 2 fully saturated rings. The number of fused-ring (bicyclic) bond motifs is 1. The number of hydrogen-bond acceptors (Lipinski definition) is 3. The molecule has 1 aliphatic carbocycles. The van der Waals surface area contributed by atoms with Crippen molar-refractivity contribution in [3.63, 3.8) is 0 Å². The molecule has 0 radical (unpaired) electrons. The van der Waals surface area contributed by atoms with Crippen molar-refractivity contribution in [3.8, 4) is 0 Å². The summed E-state index contributed by atoms with van der Waals surface area (Å²) in [6.07, 6.45) is 12.9. The lowest BCUT2D eigenvalue weighted by Crippen LogP contribution is -2.34. The average molecular weight is 584 g/mol. The van der Waals surface area contributed by atoms with E-state index in [1.165, 1.54) is 49.8 Å². The van der Waals surface area contributed by atoms with Crippen LogP contribution in [0.15, 0.2) is 24.3 Å². The summed E-state index contributed by atoms with van der Waals surface area (Å²) in [6, 6.07) is 7.04. The summed E-state index contributed by atoms with van der Waals surface area (Å²) in [5.41, 5.74) is 1.27. The van der Waals surface area contributed by atoms with Crippen LogP contribution in [0.5, 0.6) is 0 Å². The minimum Gasteiger partial charge on any atom is -0.326 e. The van der Waals surface area contributed by atoms with Gasteiger partial charge in [0.2, 0.25) is 17.7 Å². The van der Waals surface area contributed by atoms with E-state index in [2.05, 4.69) is 44.1 Å². The number of hydrogen-bond donors (Lipinski definition) is 1. The lowest BCUT2D eigenvalue weighted by Gasteiger charge is -2.29. The zero-order valence-electron chi connectivity index (χ0n) is 19.5. The number of halogens is 2. The van der Waals surface area contributed by atoms with Crippen LogP contribution >= 0.6 is 31.9 Å². The van der Waals surface area contributed by atoms with E-state index in [-0.39, 0.29) is 39.2 Å². The Bertz CT molecular complexity index is 786. The quantitative estimate of drug-likeness (QED) is 0.164. The van der Waals surface area contributed by atoms with Crippen LogP contribution in [0.3, 0.4) is 0 Å². The van der Waals surface area contributed by atoms with E-state index in [1.54, 1.807) is 24.3 Å². The summed E-state index contributed by atoms with van der Waals surface area (Å²) in [4.78, 5) is 39.8. The fraction of sp³-hybridized carbons (Fsp3) is 0.654. The van der Waals surface area contributed by atoms with Crippen LogP contribution in [0, 0.1) is 11.8 Å². The molecular formula is C26H36Br2N2O3. The molecule has 7 heteroatoms. The number of imide groups is 1. The van der Waals surface area contributed by atoms with Crippen molar-refractivity contribution in [2.24, 2.45) is 11.8 Å². The fourth-order valence-electron chi connectivity index (χ4n) is 4.86. The van der Waals surface area contributed by atoms with Crippen LogP contribution in [-0.4, -0.2) is 27.4 Å². The second-order valence-corrected chi connectivity index (χ2v) is 11.8. The van der Waals surface area contributed by atoms with Crippen LogP contribution in [0.25, 0.3) is 0 Å². The van der Waals surface area contributed by atoms with Gasteiger partial charge >= 0.3 is 0 Å².